The number of aromatic nitrogens is 4. The van der Waals surface area contributed by atoms with E-state index in [1.54, 1.807) is 25.1 Å². The molecule has 4 rings (SSSR count). The van der Waals surface area contributed by atoms with Crippen LogP contribution in [0.15, 0.2) is 62.8 Å². The number of hydrogen-bond acceptors (Lipinski definition) is 7. The van der Waals surface area contributed by atoms with E-state index in [-0.39, 0.29) is 0 Å². The number of ether oxygens (including phenoxy) is 1. The maximum atomic E-state index is 5.52. The lowest BCUT2D eigenvalue weighted by Gasteiger charge is -2.09. The summed E-state index contributed by atoms with van der Waals surface area (Å²) < 4.78 is 18.1. The van der Waals surface area contributed by atoms with E-state index in [0.29, 0.717) is 12.3 Å². The number of methoxy groups -OCH3 is 1. The molecule has 7 nitrogen and oxygen atoms in total. The third-order valence-corrected chi connectivity index (χ3v) is 4.97. The van der Waals surface area contributed by atoms with Gasteiger partial charge in [-0.1, -0.05) is 16.9 Å². The van der Waals surface area contributed by atoms with Crippen LogP contribution in [0, 0.1) is 6.92 Å². The molecule has 1 aromatic carbocycles. The van der Waals surface area contributed by atoms with Gasteiger partial charge >= 0.3 is 0 Å². The van der Waals surface area contributed by atoms with Gasteiger partial charge in [-0.15, -0.1) is 10.2 Å². The second-order valence-electron chi connectivity index (χ2n) is 5.92. The minimum absolute atomic E-state index is 0.541. The first-order valence-electron chi connectivity index (χ1n) is 8.38. The molecule has 0 bridgehead atoms. The summed E-state index contributed by atoms with van der Waals surface area (Å²) in [5.74, 6) is 3.83. The van der Waals surface area contributed by atoms with E-state index in [1.165, 1.54) is 0 Å². The number of furan rings is 1. The van der Waals surface area contributed by atoms with Crippen LogP contribution in [0.2, 0.25) is 0 Å². The summed E-state index contributed by atoms with van der Waals surface area (Å²) in [7, 11) is 1.65. The van der Waals surface area contributed by atoms with E-state index in [2.05, 4.69) is 15.4 Å². The Balaban J connectivity index is 1.64. The van der Waals surface area contributed by atoms with Crippen molar-refractivity contribution in [3.63, 3.8) is 0 Å². The molecule has 4 aromatic rings. The van der Waals surface area contributed by atoms with E-state index < -0.39 is 0 Å². The van der Waals surface area contributed by atoms with E-state index in [1.807, 2.05) is 54.0 Å². The molecule has 0 spiro atoms. The van der Waals surface area contributed by atoms with Gasteiger partial charge in [0, 0.05) is 11.6 Å². The van der Waals surface area contributed by atoms with Crippen LogP contribution in [0.25, 0.3) is 11.4 Å². The first-order chi connectivity index (χ1) is 13.2. The SMILES string of the molecule is COc1ccc(-c2nnc(SCc3cc(C)no3)n2Cc2ccco2)cc1. The number of hydrogen-bond donors (Lipinski definition) is 0. The summed E-state index contributed by atoms with van der Waals surface area (Å²) in [5, 5.41) is 13.5. The average Bonchev–Trinajstić information content (AvgIpc) is 3.43. The van der Waals surface area contributed by atoms with Gasteiger partial charge in [0.1, 0.15) is 17.3 Å². The standard InChI is InChI=1S/C19H18N4O3S/c1-13-10-17(26-22-13)12-27-19-21-20-18(14-5-7-15(24-2)8-6-14)23(19)11-16-4-3-9-25-16/h3-10H,11-12H2,1-2H3. The highest BCUT2D eigenvalue weighted by Gasteiger charge is 2.17. The van der Waals surface area contributed by atoms with Crippen molar-refractivity contribution in [3.05, 3.63) is 65.9 Å². The van der Waals surface area contributed by atoms with Crippen LogP contribution in [0.3, 0.4) is 0 Å². The fourth-order valence-electron chi connectivity index (χ4n) is 2.67. The highest BCUT2D eigenvalue weighted by molar-refractivity contribution is 7.98. The normalized spacial score (nSPS) is 11.0. The monoisotopic (exact) mass is 382 g/mol. The number of aryl methyl sites for hydroxylation is 1. The Morgan fingerprint density at radius 1 is 1.11 bits per heavy atom. The van der Waals surface area contributed by atoms with E-state index in [0.717, 1.165) is 39.5 Å². The van der Waals surface area contributed by atoms with Gasteiger partial charge in [0.15, 0.2) is 11.0 Å². The minimum atomic E-state index is 0.541. The zero-order chi connectivity index (χ0) is 18.6. The molecule has 27 heavy (non-hydrogen) atoms. The zero-order valence-corrected chi connectivity index (χ0v) is 15.8. The Bertz CT molecular complexity index is 1010. The van der Waals surface area contributed by atoms with Crippen molar-refractivity contribution in [2.45, 2.75) is 24.4 Å². The van der Waals surface area contributed by atoms with Crippen molar-refractivity contribution in [2.24, 2.45) is 0 Å². The number of rotatable bonds is 7. The lowest BCUT2D eigenvalue weighted by molar-refractivity contribution is 0.391. The third-order valence-electron chi connectivity index (χ3n) is 3.98. The van der Waals surface area contributed by atoms with Gasteiger partial charge in [-0.2, -0.15) is 0 Å². The topological polar surface area (TPSA) is 79.1 Å². The van der Waals surface area contributed by atoms with Crippen LogP contribution < -0.4 is 4.74 Å². The van der Waals surface area contributed by atoms with Gasteiger partial charge in [-0.05, 0) is 43.3 Å². The molecular formula is C19H18N4O3S. The number of nitrogens with zero attached hydrogens (tertiary/aromatic N) is 4. The molecule has 0 radical (unpaired) electrons. The van der Waals surface area contributed by atoms with Crippen molar-refractivity contribution in [2.75, 3.05) is 7.11 Å². The summed E-state index contributed by atoms with van der Waals surface area (Å²) in [5.41, 5.74) is 1.82. The molecule has 0 saturated heterocycles. The van der Waals surface area contributed by atoms with Crippen molar-refractivity contribution >= 4 is 11.8 Å². The fraction of sp³-hybridized carbons (Fsp3) is 0.211. The van der Waals surface area contributed by atoms with Crippen molar-refractivity contribution in [1.29, 1.82) is 0 Å². The Kier molecular flexibility index (Phi) is 4.97. The molecule has 0 N–H and O–H groups in total. The fourth-order valence-corrected chi connectivity index (χ4v) is 3.48. The number of benzene rings is 1. The lowest BCUT2D eigenvalue weighted by atomic mass is 10.2. The van der Waals surface area contributed by atoms with Crippen LogP contribution in [-0.4, -0.2) is 27.0 Å². The summed E-state index contributed by atoms with van der Waals surface area (Å²) in [6.45, 7) is 2.44. The summed E-state index contributed by atoms with van der Waals surface area (Å²) in [6.07, 6.45) is 1.66. The summed E-state index contributed by atoms with van der Waals surface area (Å²) in [4.78, 5) is 0. The van der Waals surface area contributed by atoms with Crippen molar-refractivity contribution in [3.8, 4) is 17.1 Å². The molecule has 0 unspecified atom stereocenters. The van der Waals surface area contributed by atoms with Crippen molar-refractivity contribution in [1.82, 2.24) is 19.9 Å². The number of thioether (sulfide) groups is 1. The largest absolute Gasteiger partial charge is 0.497 e. The molecule has 8 heteroatoms. The van der Waals surface area contributed by atoms with Gasteiger partial charge in [0.2, 0.25) is 0 Å². The molecule has 3 heterocycles. The zero-order valence-electron chi connectivity index (χ0n) is 15.0. The Labute approximate surface area is 160 Å². The molecule has 0 amide bonds. The van der Waals surface area contributed by atoms with E-state index in [9.17, 15) is 0 Å². The maximum Gasteiger partial charge on any atom is 0.192 e. The second kappa shape index (κ2) is 7.71. The molecule has 138 valence electrons. The molecule has 0 fully saturated rings. The van der Waals surface area contributed by atoms with Crippen LogP contribution >= 0.6 is 11.8 Å². The van der Waals surface area contributed by atoms with Crippen LogP contribution in [0.5, 0.6) is 5.75 Å². The van der Waals surface area contributed by atoms with Gasteiger partial charge in [0.25, 0.3) is 0 Å². The van der Waals surface area contributed by atoms with Gasteiger partial charge in [0.05, 0.1) is 31.4 Å². The lowest BCUT2D eigenvalue weighted by Crippen LogP contribution is -2.03. The van der Waals surface area contributed by atoms with Crippen LogP contribution in [0.1, 0.15) is 17.2 Å². The third kappa shape index (κ3) is 3.90. The van der Waals surface area contributed by atoms with Gasteiger partial charge in [-0.25, -0.2) is 0 Å². The van der Waals surface area contributed by atoms with Crippen LogP contribution in [-0.2, 0) is 12.3 Å². The highest BCUT2D eigenvalue weighted by Crippen LogP contribution is 2.28. The van der Waals surface area contributed by atoms with E-state index in [4.69, 9.17) is 13.7 Å². The predicted octanol–water partition coefficient (Wildman–Crippen LogP) is 4.18. The van der Waals surface area contributed by atoms with Crippen molar-refractivity contribution < 1.29 is 13.7 Å². The predicted molar refractivity (Wildman–Crippen MR) is 101 cm³/mol. The van der Waals surface area contributed by atoms with E-state index >= 15 is 0 Å². The molecule has 0 atom stereocenters. The maximum absolute atomic E-state index is 5.52. The summed E-state index contributed by atoms with van der Waals surface area (Å²) in [6, 6.07) is 13.5. The first-order valence-corrected chi connectivity index (χ1v) is 9.36. The smallest absolute Gasteiger partial charge is 0.192 e. The molecule has 0 aliphatic heterocycles. The Morgan fingerprint density at radius 3 is 2.63 bits per heavy atom. The summed E-state index contributed by atoms with van der Waals surface area (Å²) >= 11 is 1.55. The Hall–Kier alpha value is -3.00. The Morgan fingerprint density at radius 2 is 1.96 bits per heavy atom. The molecular weight excluding hydrogens is 364 g/mol. The second-order valence-corrected chi connectivity index (χ2v) is 6.87. The molecule has 3 aromatic heterocycles. The molecule has 0 aliphatic carbocycles. The highest BCUT2D eigenvalue weighted by atomic mass is 32.2. The quantitative estimate of drug-likeness (QED) is 0.444. The van der Waals surface area contributed by atoms with Crippen LogP contribution in [0.4, 0.5) is 0 Å². The molecule has 0 saturated carbocycles. The first kappa shape index (κ1) is 17.4. The molecule has 0 aliphatic rings. The van der Waals surface area contributed by atoms with Gasteiger partial charge < -0.3 is 13.7 Å². The minimum Gasteiger partial charge on any atom is -0.497 e. The average molecular weight is 382 g/mol. The van der Waals surface area contributed by atoms with Gasteiger partial charge in [-0.3, -0.25) is 4.57 Å².